The molecule has 0 bridgehead atoms. The third kappa shape index (κ3) is 6.74. The number of nitrogens with one attached hydrogen (secondary N) is 1. The molecule has 0 spiro atoms. The molecule has 0 saturated heterocycles. The van der Waals surface area contributed by atoms with E-state index in [1.54, 1.807) is 12.1 Å². The van der Waals surface area contributed by atoms with Gasteiger partial charge in [0, 0.05) is 26.7 Å². The molecule has 0 atom stereocenters. The molecule has 25 heavy (non-hydrogen) atoms. The maximum absolute atomic E-state index is 11.5. The van der Waals surface area contributed by atoms with Crippen molar-refractivity contribution in [1.82, 2.24) is 10.2 Å². The van der Waals surface area contributed by atoms with Crippen LogP contribution in [0.1, 0.15) is 35.7 Å². The summed E-state index contributed by atoms with van der Waals surface area (Å²) < 4.78 is 10.4. The maximum atomic E-state index is 11.5. The first kappa shape index (κ1) is 19.2. The van der Waals surface area contributed by atoms with E-state index in [1.165, 1.54) is 20.0 Å². The second-order valence-corrected chi connectivity index (χ2v) is 6.30. The van der Waals surface area contributed by atoms with E-state index in [4.69, 9.17) is 9.47 Å². The van der Waals surface area contributed by atoms with Crippen molar-refractivity contribution in [2.75, 3.05) is 40.5 Å². The van der Waals surface area contributed by atoms with Gasteiger partial charge in [-0.05, 0) is 43.4 Å². The number of esters is 1. The van der Waals surface area contributed by atoms with E-state index in [9.17, 15) is 4.79 Å². The zero-order valence-electron chi connectivity index (χ0n) is 15.5. The van der Waals surface area contributed by atoms with Crippen LogP contribution >= 0.6 is 0 Å². The largest absolute Gasteiger partial charge is 0.465 e. The van der Waals surface area contributed by atoms with E-state index in [0.29, 0.717) is 18.7 Å². The van der Waals surface area contributed by atoms with Gasteiger partial charge in [0.05, 0.1) is 25.8 Å². The Bertz CT molecular complexity index is 568. The highest BCUT2D eigenvalue weighted by Gasteiger charge is 2.21. The lowest BCUT2D eigenvalue weighted by Crippen LogP contribution is -2.40. The van der Waals surface area contributed by atoms with Crippen molar-refractivity contribution < 1.29 is 14.3 Å². The molecular formula is C19H29N3O3. The smallest absolute Gasteiger partial charge is 0.337 e. The topological polar surface area (TPSA) is 63.2 Å². The van der Waals surface area contributed by atoms with E-state index in [1.807, 2.05) is 19.2 Å². The van der Waals surface area contributed by atoms with Gasteiger partial charge in [0.1, 0.15) is 0 Å². The predicted molar refractivity (Wildman–Crippen MR) is 98.8 cm³/mol. The standard InChI is InChI=1S/C19H29N3O3/c1-4-20-19(22(2)11-12-25-14-16-5-6-16)21-13-15-7-9-17(10-8-15)18(23)24-3/h7-10,16H,4-6,11-14H2,1-3H3,(H,20,21). The van der Waals surface area contributed by atoms with Gasteiger partial charge in [-0.3, -0.25) is 0 Å². The van der Waals surface area contributed by atoms with Gasteiger partial charge in [-0.2, -0.15) is 0 Å². The predicted octanol–water partition coefficient (Wildman–Crippen LogP) is 2.30. The Kier molecular flexibility index (Phi) is 7.73. The Balaban J connectivity index is 1.85. The van der Waals surface area contributed by atoms with Gasteiger partial charge in [0.25, 0.3) is 0 Å². The molecule has 2 rings (SSSR count). The molecule has 1 N–H and O–H groups in total. The van der Waals surface area contributed by atoms with E-state index in [2.05, 4.69) is 22.1 Å². The number of nitrogens with zero attached hydrogens (tertiary/aromatic N) is 2. The average molecular weight is 347 g/mol. The van der Waals surface area contributed by atoms with Gasteiger partial charge in [-0.25, -0.2) is 9.79 Å². The number of likely N-dealkylation sites (N-methyl/N-ethyl adjacent to an activating group) is 1. The molecule has 1 aromatic rings. The van der Waals surface area contributed by atoms with Crippen LogP contribution in [0.4, 0.5) is 0 Å². The number of hydrogen-bond donors (Lipinski definition) is 1. The molecule has 0 amide bonds. The summed E-state index contributed by atoms with van der Waals surface area (Å²) in [5.74, 6) is 1.32. The lowest BCUT2D eigenvalue weighted by Gasteiger charge is -2.22. The number of guanidine groups is 1. The minimum atomic E-state index is -0.325. The fraction of sp³-hybridized carbons (Fsp3) is 0.579. The monoisotopic (exact) mass is 347 g/mol. The normalized spacial score (nSPS) is 14.3. The molecule has 0 radical (unpaired) electrons. The summed E-state index contributed by atoms with van der Waals surface area (Å²) in [6, 6.07) is 7.33. The third-order valence-electron chi connectivity index (χ3n) is 4.10. The van der Waals surface area contributed by atoms with Crippen molar-refractivity contribution in [1.29, 1.82) is 0 Å². The summed E-state index contributed by atoms with van der Waals surface area (Å²) >= 11 is 0. The Hall–Kier alpha value is -2.08. The highest BCUT2D eigenvalue weighted by atomic mass is 16.5. The number of carbonyl (C=O) groups is 1. The maximum Gasteiger partial charge on any atom is 0.337 e. The Morgan fingerprint density at radius 3 is 2.64 bits per heavy atom. The molecule has 6 nitrogen and oxygen atoms in total. The first-order valence-corrected chi connectivity index (χ1v) is 8.88. The minimum absolute atomic E-state index is 0.325. The summed E-state index contributed by atoms with van der Waals surface area (Å²) in [6.07, 6.45) is 2.63. The SMILES string of the molecule is CCNC(=NCc1ccc(C(=O)OC)cc1)N(C)CCOCC1CC1. The van der Waals surface area contributed by atoms with E-state index in [-0.39, 0.29) is 5.97 Å². The summed E-state index contributed by atoms with van der Waals surface area (Å²) in [5, 5.41) is 3.30. The third-order valence-corrected chi connectivity index (χ3v) is 4.10. The van der Waals surface area contributed by atoms with Gasteiger partial charge >= 0.3 is 5.97 Å². The van der Waals surface area contributed by atoms with Gasteiger partial charge in [-0.1, -0.05) is 12.1 Å². The minimum Gasteiger partial charge on any atom is -0.465 e. The zero-order chi connectivity index (χ0) is 18.1. The summed E-state index contributed by atoms with van der Waals surface area (Å²) in [4.78, 5) is 18.2. The molecular weight excluding hydrogens is 318 g/mol. The average Bonchev–Trinajstić information content (AvgIpc) is 3.46. The molecule has 0 aromatic heterocycles. The van der Waals surface area contributed by atoms with Crippen LogP contribution < -0.4 is 5.32 Å². The highest BCUT2D eigenvalue weighted by Crippen LogP contribution is 2.28. The lowest BCUT2D eigenvalue weighted by atomic mass is 10.1. The van der Waals surface area contributed by atoms with Gasteiger partial charge in [0.2, 0.25) is 0 Å². The van der Waals surface area contributed by atoms with Crippen LogP contribution in [0.5, 0.6) is 0 Å². The van der Waals surface area contributed by atoms with Crippen LogP contribution in [-0.2, 0) is 16.0 Å². The number of methoxy groups -OCH3 is 1. The summed E-state index contributed by atoms with van der Waals surface area (Å²) in [6.45, 7) is 5.82. The van der Waals surface area contributed by atoms with Gasteiger partial charge in [0.15, 0.2) is 5.96 Å². The number of aliphatic imine (C=N–C) groups is 1. The van der Waals surface area contributed by atoms with Crippen molar-refractivity contribution in [3.05, 3.63) is 35.4 Å². The number of benzene rings is 1. The van der Waals surface area contributed by atoms with Crippen LogP contribution in [0.3, 0.4) is 0 Å². The van der Waals surface area contributed by atoms with Crippen molar-refractivity contribution in [3.8, 4) is 0 Å². The van der Waals surface area contributed by atoms with Crippen molar-refractivity contribution >= 4 is 11.9 Å². The number of ether oxygens (including phenoxy) is 2. The Morgan fingerprint density at radius 1 is 1.32 bits per heavy atom. The van der Waals surface area contributed by atoms with Crippen LogP contribution in [0.2, 0.25) is 0 Å². The lowest BCUT2D eigenvalue weighted by molar-refractivity contribution is 0.0600. The molecule has 0 heterocycles. The van der Waals surface area contributed by atoms with Crippen LogP contribution in [0, 0.1) is 5.92 Å². The Labute approximate surface area is 150 Å². The van der Waals surface area contributed by atoms with Crippen LogP contribution in [0.25, 0.3) is 0 Å². The molecule has 6 heteroatoms. The second-order valence-electron chi connectivity index (χ2n) is 6.30. The van der Waals surface area contributed by atoms with Crippen molar-refractivity contribution in [2.24, 2.45) is 10.9 Å². The van der Waals surface area contributed by atoms with Crippen molar-refractivity contribution in [2.45, 2.75) is 26.3 Å². The molecule has 1 fully saturated rings. The van der Waals surface area contributed by atoms with E-state index < -0.39 is 0 Å². The summed E-state index contributed by atoms with van der Waals surface area (Å²) in [7, 11) is 3.40. The molecule has 0 aliphatic heterocycles. The van der Waals surface area contributed by atoms with Crippen LogP contribution in [-0.4, -0.2) is 57.3 Å². The quantitative estimate of drug-likeness (QED) is 0.321. The Morgan fingerprint density at radius 2 is 2.04 bits per heavy atom. The molecule has 0 unspecified atom stereocenters. The zero-order valence-corrected chi connectivity index (χ0v) is 15.5. The first-order valence-electron chi connectivity index (χ1n) is 8.88. The van der Waals surface area contributed by atoms with Crippen LogP contribution in [0.15, 0.2) is 29.3 Å². The molecule has 1 saturated carbocycles. The second kappa shape index (κ2) is 10.0. The first-order chi connectivity index (χ1) is 12.1. The number of carbonyl (C=O) groups excluding carboxylic acids is 1. The molecule has 1 aliphatic rings. The van der Waals surface area contributed by atoms with Gasteiger partial charge < -0.3 is 19.7 Å². The van der Waals surface area contributed by atoms with E-state index >= 15 is 0 Å². The number of rotatable bonds is 9. The van der Waals surface area contributed by atoms with Crippen molar-refractivity contribution in [3.63, 3.8) is 0 Å². The fourth-order valence-electron chi connectivity index (χ4n) is 2.34. The summed E-state index contributed by atoms with van der Waals surface area (Å²) in [5.41, 5.74) is 1.59. The molecule has 1 aliphatic carbocycles. The highest BCUT2D eigenvalue weighted by molar-refractivity contribution is 5.89. The fourth-order valence-corrected chi connectivity index (χ4v) is 2.34. The molecule has 138 valence electrons. The molecule has 1 aromatic carbocycles. The van der Waals surface area contributed by atoms with E-state index in [0.717, 1.165) is 37.1 Å². The number of hydrogen-bond acceptors (Lipinski definition) is 4. The van der Waals surface area contributed by atoms with Gasteiger partial charge in [-0.15, -0.1) is 0 Å².